The van der Waals surface area contributed by atoms with Crippen LogP contribution in [0.2, 0.25) is 0 Å². The Kier molecular flexibility index (Phi) is 13.2. The first-order valence-corrected chi connectivity index (χ1v) is 18.7. The lowest BCUT2D eigenvalue weighted by molar-refractivity contribution is -0.137. The summed E-state index contributed by atoms with van der Waals surface area (Å²) in [6.07, 6.45) is 0.0683. The van der Waals surface area contributed by atoms with E-state index in [1.165, 1.54) is 22.7 Å². The van der Waals surface area contributed by atoms with Crippen LogP contribution in [0, 0.1) is 13.8 Å². The van der Waals surface area contributed by atoms with Gasteiger partial charge in [-0.3, -0.25) is 19.2 Å². The Morgan fingerprint density at radius 2 is 1.77 bits per heavy atom. The van der Waals surface area contributed by atoms with E-state index < -0.39 is 17.4 Å². The van der Waals surface area contributed by atoms with Crippen molar-refractivity contribution >= 4 is 23.5 Å². The largest absolute Gasteiger partial charge is 0.416 e. The van der Waals surface area contributed by atoms with Gasteiger partial charge in [0.2, 0.25) is 0 Å². The molecule has 290 valence electrons. The van der Waals surface area contributed by atoms with Gasteiger partial charge in [-0.1, -0.05) is 12.1 Å². The molecule has 0 unspecified atom stereocenters. The summed E-state index contributed by atoms with van der Waals surface area (Å²) in [5.41, 5.74) is 6.85. The predicted molar refractivity (Wildman–Crippen MR) is 195 cm³/mol. The number of halogens is 3. The lowest BCUT2D eigenvalue weighted by Gasteiger charge is -2.52. The van der Waals surface area contributed by atoms with Gasteiger partial charge in [0.1, 0.15) is 23.8 Å². The van der Waals surface area contributed by atoms with E-state index in [9.17, 15) is 22.8 Å². The Hall–Kier alpha value is -3.61. The van der Waals surface area contributed by atoms with E-state index in [0.29, 0.717) is 42.4 Å². The number of amides is 1. The predicted octanol–water partition coefficient (Wildman–Crippen LogP) is 3.91. The molecule has 3 fully saturated rings. The number of nitrogen functional groups attached to an aromatic ring is 1. The summed E-state index contributed by atoms with van der Waals surface area (Å²) < 4.78 is 51.5. The standard InChI is InChI=1S/C28H38F3N5O2.C8H11N3O3S/c1-19-16-35(14-15-36(19)24(17-38-5)22-6-8-23(9-7-22)28(29,30)31)27(4)10-12-34(13-11-27)26(37)25-20(2)32-18-33-21(25)3;9-5-1-2-11(8(13)10-5)6-4-15-7(3-12)14-6/h6-9,18-19,24H,10-17H2,1-5H3;1-2,6-7,12H,3-4H2,(H2,9,10,13)/t19-,24-;6-,7+/m00/s1. The van der Waals surface area contributed by atoms with E-state index in [0.717, 1.165) is 50.2 Å². The van der Waals surface area contributed by atoms with Gasteiger partial charge in [0.15, 0.2) is 0 Å². The second-order valence-corrected chi connectivity index (χ2v) is 15.1. The van der Waals surface area contributed by atoms with Gasteiger partial charge in [-0.05, 0) is 64.3 Å². The van der Waals surface area contributed by atoms with Crippen LogP contribution in [-0.2, 0) is 15.7 Å². The fourth-order valence-corrected chi connectivity index (χ4v) is 8.19. The lowest BCUT2D eigenvalue weighted by Crippen LogP contribution is -2.62. The molecule has 3 aliphatic heterocycles. The van der Waals surface area contributed by atoms with Crippen molar-refractivity contribution in [2.45, 2.75) is 76.0 Å². The van der Waals surface area contributed by atoms with Crippen molar-refractivity contribution in [2.24, 2.45) is 0 Å². The molecule has 13 nitrogen and oxygen atoms in total. The number of anilines is 1. The third-order valence-corrected chi connectivity index (χ3v) is 11.5. The SMILES string of the molecule is COC[C@@H](c1ccc(C(F)(F)F)cc1)N1CCN(C2(C)CCN(C(=O)c3c(C)ncnc3C)CC2)C[C@@H]1C.Nc1ccn([C@@H]2CS[C@H](CO)O2)c(=O)n1. The van der Waals surface area contributed by atoms with Gasteiger partial charge >= 0.3 is 11.9 Å². The minimum absolute atomic E-state index is 0.000198. The number of rotatable bonds is 8. The van der Waals surface area contributed by atoms with Gasteiger partial charge < -0.3 is 25.2 Å². The van der Waals surface area contributed by atoms with Crippen LogP contribution in [0.1, 0.15) is 71.8 Å². The van der Waals surface area contributed by atoms with E-state index in [4.69, 9.17) is 20.3 Å². The molecule has 0 aliphatic carbocycles. The quantitative estimate of drug-likeness (QED) is 0.343. The second kappa shape index (κ2) is 17.2. The number of piperidine rings is 1. The molecule has 0 bridgehead atoms. The molecule has 17 heteroatoms. The fraction of sp³-hybridized carbons (Fsp3) is 0.583. The first kappa shape index (κ1) is 40.6. The van der Waals surface area contributed by atoms with E-state index in [2.05, 4.69) is 38.6 Å². The van der Waals surface area contributed by atoms with Crippen molar-refractivity contribution < 1.29 is 32.5 Å². The summed E-state index contributed by atoms with van der Waals surface area (Å²) in [6.45, 7) is 12.3. The van der Waals surface area contributed by atoms with Crippen molar-refractivity contribution in [3.05, 3.63) is 81.4 Å². The molecule has 0 radical (unpaired) electrons. The minimum atomic E-state index is -4.35. The first-order chi connectivity index (χ1) is 25.1. The molecule has 1 amide bonds. The first-order valence-electron chi connectivity index (χ1n) is 17.6. The highest BCUT2D eigenvalue weighted by Crippen LogP contribution is 2.36. The van der Waals surface area contributed by atoms with Gasteiger partial charge in [-0.2, -0.15) is 18.2 Å². The topological polar surface area (TPSA) is 152 Å². The number of aromatic nitrogens is 4. The Morgan fingerprint density at radius 3 is 2.32 bits per heavy atom. The Labute approximate surface area is 311 Å². The van der Waals surface area contributed by atoms with Crippen LogP contribution in [0.25, 0.3) is 0 Å². The smallest absolute Gasteiger partial charge is 0.393 e. The van der Waals surface area contributed by atoms with Crippen LogP contribution in [0.3, 0.4) is 0 Å². The van der Waals surface area contributed by atoms with Crippen LogP contribution in [-0.4, -0.2) is 121 Å². The van der Waals surface area contributed by atoms with E-state index in [1.807, 2.05) is 18.7 Å². The summed E-state index contributed by atoms with van der Waals surface area (Å²) >= 11 is 1.47. The van der Waals surface area contributed by atoms with Gasteiger partial charge in [-0.25, -0.2) is 14.8 Å². The summed E-state index contributed by atoms with van der Waals surface area (Å²) in [4.78, 5) is 43.5. The lowest BCUT2D eigenvalue weighted by atomic mass is 9.86. The van der Waals surface area contributed by atoms with Crippen molar-refractivity contribution in [3.63, 3.8) is 0 Å². The number of aryl methyl sites for hydroxylation is 2. The van der Waals surface area contributed by atoms with Crippen molar-refractivity contribution in [3.8, 4) is 0 Å². The maximum atomic E-state index is 13.2. The summed E-state index contributed by atoms with van der Waals surface area (Å²) in [7, 11) is 1.62. The summed E-state index contributed by atoms with van der Waals surface area (Å²) in [5.74, 6) is 0.817. The van der Waals surface area contributed by atoms with Crippen molar-refractivity contribution in [1.29, 1.82) is 0 Å². The number of ether oxygens (including phenoxy) is 2. The van der Waals surface area contributed by atoms with E-state index in [-0.39, 0.29) is 47.6 Å². The van der Waals surface area contributed by atoms with Crippen LogP contribution in [0.15, 0.2) is 47.7 Å². The van der Waals surface area contributed by atoms with Gasteiger partial charge in [0.05, 0.1) is 41.8 Å². The highest BCUT2D eigenvalue weighted by Gasteiger charge is 2.42. The molecule has 6 rings (SSSR count). The number of aliphatic hydroxyl groups is 1. The Bertz CT molecular complexity index is 1740. The molecular formula is C36H49F3N8O5S. The number of alkyl halides is 3. The highest BCUT2D eigenvalue weighted by molar-refractivity contribution is 8.00. The number of carbonyl (C=O) groups is 1. The Morgan fingerprint density at radius 1 is 1.11 bits per heavy atom. The number of benzene rings is 1. The number of hydrogen-bond acceptors (Lipinski definition) is 12. The molecular weight excluding hydrogens is 714 g/mol. The zero-order valence-corrected chi connectivity index (χ0v) is 31.6. The second-order valence-electron chi connectivity index (χ2n) is 13.9. The average molecular weight is 763 g/mol. The number of carbonyl (C=O) groups excluding carboxylic acids is 1. The number of likely N-dealkylation sites (tertiary alicyclic amines) is 1. The van der Waals surface area contributed by atoms with Crippen molar-refractivity contribution in [2.75, 3.05) is 64.5 Å². The Balaban J connectivity index is 0.000000300. The average Bonchev–Trinajstić information content (AvgIpc) is 3.60. The van der Waals surface area contributed by atoms with Crippen LogP contribution < -0.4 is 11.4 Å². The zero-order valence-electron chi connectivity index (χ0n) is 30.8. The molecule has 0 saturated carbocycles. The molecule has 3 aliphatic rings. The number of nitrogens with zero attached hydrogens (tertiary/aromatic N) is 7. The maximum absolute atomic E-state index is 13.2. The van der Waals surface area contributed by atoms with Crippen LogP contribution in [0.5, 0.6) is 0 Å². The third kappa shape index (κ3) is 9.56. The normalized spacial score (nSPS) is 23.0. The van der Waals surface area contributed by atoms with Gasteiger partial charge in [0, 0.05) is 63.4 Å². The molecule has 2 aromatic heterocycles. The number of hydrogen-bond donors (Lipinski definition) is 2. The molecule has 3 N–H and O–H groups in total. The number of piperazine rings is 1. The number of aliphatic hydroxyl groups excluding tert-OH is 1. The zero-order chi connectivity index (χ0) is 38.5. The number of nitrogens with two attached hydrogens (primary N) is 1. The number of methoxy groups -OCH3 is 1. The molecule has 3 saturated heterocycles. The monoisotopic (exact) mass is 762 g/mol. The number of thioether (sulfide) groups is 1. The maximum Gasteiger partial charge on any atom is 0.416 e. The molecule has 3 aromatic rings. The molecule has 53 heavy (non-hydrogen) atoms. The van der Waals surface area contributed by atoms with Crippen LogP contribution >= 0.6 is 11.8 Å². The van der Waals surface area contributed by atoms with E-state index in [1.54, 1.807) is 31.5 Å². The summed E-state index contributed by atoms with van der Waals surface area (Å²) in [6, 6.07) is 7.06. The molecule has 1 aromatic carbocycles. The van der Waals surface area contributed by atoms with Crippen LogP contribution in [0.4, 0.5) is 19.0 Å². The minimum Gasteiger partial charge on any atom is -0.393 e. The van der Waals surface area contributed by atoms with Gasteiger partial charge in [0.25, 0.3) is 5.91 Å². The molecule has 4 atom stereocenters. The fourth-order valence-electron chi connectivity index (χ4n) is 7.26. The van der Waals surface area contributed by atoms with Gasteiger partial charge in [-0.15, -0.1) is 11.8 Å². The van der Waals surface area contributed by atoms with E-state index >= 15 is 0 Å². The molecule has 5 heterocycles. The third-order valence-electron chi connectivity index (χ3n) is 10.4. The van der Waals surface area contributed by atoms with Crippen molar-refractivity contribution in [1.82, 2.24) is 34.2 Å². The molecule has 0 spiro atoms. The summed E-state index contributed by atoms with van der Waals surface area (Å²) in [5, 5.41) is 8.88. The highest BCUT2D eigenvalue weighted by atomic mass is 32.2.